The minimum atomic E-state index is -0.428. The molecule has 0 aliphatic heterocycles. The lowest BCUT2D eigenvalue weighted by atomic mass is 10.1. The van der Waals surface area contributed by atoms with Gasteiger partial charge >= 0.3 is 5.97 Å². The van der Waals surface area contributed by atoms with Gasteiger partial charge in [0, 0.05) is 17.1 Å². The second-order valence-corrected chi connectivity index (χ2v) is 7.05. The number of para-hydroxylation sites is 1. The highest BCUT2D eigenvalue weighted by molar-refractivity contribution is 7.11. The maximum Gasteiger partial charge on any atom is 0.340 e. The van der Waals surface area contributed by atoms with Gasteiger partial charge in [-0.25, -0.2) is 9.78 Å². The maximum absolute atomic E-state index is 12.1. The third-order valence-corrected chi connectivity index (χ3v) is 5.20. The number of aromatic nitrogens is 1. The molecule has 3 aromatic rings. The van der Waals surface area contributed by atoms with Crippen LogP contribution in [0.5, 0.6) is 11.5 Å². The van der Waals surface area contributed by atoms with E-state index in [1.54, 1.807) is 45.4 Å². The summed E-state index contributed by atoms with van der Waals surface area (Å²) in [4.78, 5) is 16.7. The summed E-state index contributed by atoms with van der Waals surface area (Å²) in [5, 5.41) is 15.1. The molecule has 0 radical (unpaired) electrons. The minimum absolute atomic E-state index is 0.282. The van der Waals surface area contributed by atoms with Crippen LogP contribution in [-0.2, 0) is 4.74 Å². The van der Waals surface area contributed by atoms with Crippen molar-refractivity contribution in [2.75, 3.05) is 26.1 Å². The van der Waals surface area contributed by atoms with Crippen LogP contribution in [0.1, 0.15) is 22.3 Å². The molecule has 31 heavy (non-hydrogen) atoms. The highest BCUT2D eigenvalue weighted by atomic mass is 32.1. The van der Waals surface area contributed by atoms with E-state index in [-0.39, 0.29) is 6.61 Å². The number of methoxy groups -OCH3 is 2. The van der Waals surface area contributed by atoms with Gasteiger partial charge in [0.15, 0.2) is 11.5 Å². The predicted molar refractivity (Wildman–Crippen MR) is 120 cm³/mol. The average molecular weight is 436 g/mol. The number of esters is 1. The number of hydrogen-bond donors (Lipinski definition) is 1. The number of hydrogen-bond acceptors (Lipinski definition) is 8. The van der Waals surface area contributed by atoms with E-state index in [0.29, 0.717) is 39.0 Å². The van der Waals surface area contributed by atoms with E-state index in [2.05, 4.69) is 16.4 Å². The molecule has 0 fully saturated rings. The molecule has 8 heteroatoms. The monoisotopic (exact) mass is 435 g/mol. The van der Waals surface area contributed by atoms with Gasteiger partial charge in [-0.1, -0.05) is 12.1 Å². The first kappa shape index (κ1) is 21.9. The summed E-state index contributed by atoms with van der Waals surface area (Å²) in [5.74, 6) is 0.800. The third-order valence-electron chi connectivity index (χ3n) is 4.33. The van der Waals surface area contributed by atoms with Crippen LogP contribution >= 0.6 is 11.3 Å². The summed E-state index contributed by atoms with van der Waals surface area (Å²) >= 11 is 1.35. The number of allylic oxidation sites excluding steroid dienone is 1. The first-order chi connectivity index (χ1) is 15.1. The van der Waals surface area contributed by atoms with Gasteiger partial charge in [0.2, 0.25) is 0 Å². The Kier molecular flexibility index (Phi) is 7.25. The second kappa shape index (κ2) is 10.3. The van der Waals surface area contributed by atoms with Crippen molar-refractivity contribution < 1.29 is 19.0 Å². The van der Waals surface area contributed by atoms with Gasteiger partial charge in [-0.3, -0.25) is 0 Å². The van der Waals surface area contributed by atoms with E-state index < -0.39 is 5.97 Å². The van der Waals surface area contributed by atoms with Gasteiger partial charge in [-0.15, -0.1) is 11.3 Å². The first-order valence-corrected chi connectivity index (χ1v) is 10.3. The Labute approximate surface area is 184 Å². The molecule has 0 aliphatic rings. The largest absolute Gasteiger partial charge is 0.493 e. The average Bonchev–Trinajstić information content (AvgIpc) is 3.29. The Bertz CT molecular complexity index is 1150. The van der Waals surface area contributed by atoms with Crippen LogP contribution in [-0.4, -0.2) is 31.8 Å². The van der Waals surface area contributed by atoms with Crippen molar-refractivity contribution in [1.82, 2.24) is 4.98 Å². The molecule has 0 bridgehead atoms. The molecule has 1 aromatic heterocycles. The van der Waals surface area contributed by atoms with E-state index >= 15 is 0 Å². The number of rotatable bonds is 8. The van der Waals surface area contributed by atoms with Crippen LogP contribution < -0.4 is 14.8 Å². The Balaban J connectivity index is 1.86. The molecule has 0 unspecified atom stereocenters. The van der Waals surface area contributed by atoms with Crippen molar-refractivity contribution in [3.05, 3.63) is 64.6 Å². The molecule has 0 amide bonds. The number of thiazole rings is 1. The Morgan fingerprint density at radius 1 is 1.19 bits per heavy atom. The first-order valence-electron chi connectivity index (χ1n) is 9.42. The van der Waals surface area contributed by atoms with Gasteiger partial charge < -0.3 is 19.5 Å². The van der Waals surface area contributed by atoms with Gasteiger partial charge in [-0.05, 0) is 37.3 Å². The third kappa shape index (κ3) is 5.02. The zero-order valence-electron chi connectivity index (χ0n) is 17.3. The van der Waals surface area contributed by atoms with Gasteiger partial charge in [0.05, 0.1) is 37.8 Å². The number of carbonyl (C=O) groups excluding carboxylic acids is 1. The quantitative estimate of drug-likeness (QED) is 0.394. The van der Waals surface area contributed by atoms with E-state index in [0.717, 1.165) is 5.56 Å². The fourth-order valence-corrected chi connectivity index (χ4v) is 3.61. The number of nitrogens with zero attached hydrogens (tertiary/aromatic N) is 2. The highest BCUT2D eigenvalue weighted by Gasteiger charge is 2.14. The molecule has 1 heterocycles. The van der Waals surface area contributed by atoms with Crippen molar-refractivity contribution in [2.45, 2.75) is 6.92 Å². The van der Waals surface area contributed by atoms with Crippen molar-refractivity contribution in [3.8, 4) is 28.8 Å². The second-order valence-electron chi connectivity index (χ2n) is 6.19. The summed E-state index contributed by atoms with van der Waals surface area (Å²) in [5.41, 5.74) is 2.84. The molecule has 158 valence electrons. The minimum Gasteiger partial charge on any atom is -0.493 e. The predicted octanol–water partition coefficient (Wildman–Crippen LogP) is 4.98. The van der Waals surface area contributed by atoms with Crippen LogP contribution in [0.3, 0.4) is 0 Å². The number of nitrogens with one attached hydrogen (secondary N) is 1. The standard InChI is InChI=1S/C23H21N3O4S/c1-4-30-23(27)17-7-5-6-8-18(17)25-13-16(12-24)22-26-19(14-31-22)15-9-10-20(28-2)21(11-15)29-3/h5-11,13-14,25H,4H2,1-3H3/b16-13+. The lowest BCUT2D eigenvalue weighted by Crippen LogP contribution is -2.07. The number of anilines is 1. The Morgan fingerprint density at radius 2 is 1.97 bits per heavy atom. The van der Waals surface area contributed by atoms with Crippen LogP contribution in [0.4, 0.5) is 5.69 Å². The summed E-state index contributed by atoms with van der Waals surface area (Å²) < 4.78 is 15.7. The zero-order chi connectivity index (χ0) is 22.2. The molecule has 0 spiro atoms. The van der Waals surface area contributed by atoms with E-state index in [9.17, 15) is 10.1 Å². The number of carbonyl (C=O) groups is 1. The smallest absolute Gasteiger partial charge is 0.340 e. The zero-order valence-corrected chi connectivity index (χ0v) is 18.2. The molecule has 7 nitrogen and oxygen atoms in total. The van der Waals surface area contributed by atoms with Crippen LogP contribution in [0.2, 0.25) is 0 Å². The van der Waals surface area contributed by atoms with Crippen LogP contribution in [0.25, 0.3) is 16.8 Å². The molecular formula is C23H21N3O4S. The summed E-state index contributed by atoms with van der Waals surface area (Å²) in [6.07, 6.45) is 1.54. The molecule has 3 rings (SSSR count). The van der Waals surface area contributed by atoms with E-state index in [4.69, 9.17) is 14.2 Å². The summed E-state index contributed by atoms with van der Waals surface area (Å²) in [6.45, 7) is 2.03. The van der Waals surface area contributed by atoms with Crippen molar-refractivity contribution in [3.63, 3.8) is 0 Å². The Morgan fingerprint density at radius 3 is 2.68 bits per heavy atom. The number of nitriles is 1. The van der Waals surface area contributed by atoms with Crippen LogP contribution in [0, 0.1) is 11.3 Å². The van der Waals surface area contributed by atoms with Gasteiger partial charge in [0.1, 0.15) is 16.6 Å². The molecule has 0 saturated carbocycles. The number of benzene rings is 2. The Hall–Kier alpha value is -3.83. The molecule has 2 aromatic carbocycles. The topological polar surface area (TPSA) is 93.5 Å². The fourth-order valence-electron chi connectivity index (χ4n) is 2.81. The normalized spacial score (nSPS) is 10.8. The highest BCUT2D eigenvalue weighted by Crippen LogP contribution is 2.33. The molecule has 0 atom stereocenters. The van der Waals surface area contributed by atoms with E-state index in [1.165, 1.54) is 17.5 Å². The summed E-state index contributed by atoms with van der Waals surface area (Å²) in [6, 6.07) is 14.6. The molecule has 0 aliphatic carbocycles. The van der Waals surface area contributed by atoms with Gasteiger partial charge in [-0.2, -0.15) is 5.26 Å². The SMILES string of the molecule is CCOC(=O)c1ccccc1N/C=C(\C#N)c1nc(-c2ccc(OC)c(OC)c2)cs1. The molecule has 0 saturated heterocycles. The van der Waals surface area contributed by atoms with Gasteiger partial charge in [0.25, 0.3) is 0 Å². The fraction of sp³-hybridized carbons (Fsp3) is 0.174. The molecular weight excluding hydrogens is 414 g/mol. The summed E-state index contributed by atoms with van der Waals surface area (Å²) in [7, 11) is 3.15. The molecule has 1 N–H and O–H groups in total. The van der Waals surface area contributed by atoms with E-state index in [1.807, 2.05) is 23.6 Å². The van der Waals surface area contributed by atoms with Crippen molar-refractivity contribution >= 4 is 28.6 Å². The lowest BCUT2D eigenvalue weighted by Gasteiger charge is -2.08. The number of ether oxygens (including phenoxy) is 3. The maximum atomic E-state index is 12.1. The van der Waals surface area contributed by atoms with Crippen LogP contribution in [0.15, 0.2) is 54.0 Å². The van der Waals surface area contributed by atoms with Crippen molar-refractivity contribution in [1.29, 1.82) is 5.26 Å². The lowest BCUT2D eigenvalue weighted by molar-refractivity contribution is 0.0527. The van der Waals surface area contributed by atoms with Crippen molar-refractivity contribution in [2.24, 2.45) is 0 Å².